The average Bonchev–Trinajstić information content (AvgIpc) is 2.44. The number of piperidine rings is 1. The molecule has 2 rings (SSSR count). The number of rotatable bonds is 5. The first kappa shape index (κ1) is 16.7. The second-order valence-corrected chi connectivity index (χ2v) is 7.85. The molecule has 0 aromatic carbocycles. The minimum Gasteiger partial charge on any atom is -0.319 e. The van der Waals surface area contributed by atoms with Gasteiger partial charge in [-0.05, 0) is 66.8 Å². The summed E-state index contributed by atoms with van der Waals surface area (Å²) in [6.07, 6.45) is 3.37. The first-order valence-corrected chi connectivity index (χ1v) is 9.20. The van der Waals surface area contributed by atoms with Gasteiger partial charge in [-0.3, -0.25) is 4.72 Å². The van der Waals surface area contributed by atoms with Gasteiger partial charge in [-0.2, -0.15) is 12.7 Å². The normalized spacial score (nSPS) is 17.9. The van der Waals surface area contributed by atoms with E-state index in [1.54, 1.807) is 12.3 Å². The van der Waals surface area contributed by atoms with Crippen molar-refractivity contribution in [1.29, 1.82) is 0 Å². The number of pyridine rings is 1. The smallest absolute Gasteiger partial charge is 0.302 e. The van der Waals surface area contributed by atoms with E-state index in [4.69, 9.17) is 0 Å². The maximum Gasteiger partial charge on any atom is 0.302 e. The molecule has 1 aromatic heterocycles. The van der Waals surface area contributed by atoms with E-state index in [1.165, 1.54) is 4.31 Å². The van der Waals surface area contributed by atoms with Gasteiger partial charge in [0.15, 0.2) is 0 Å². The minimum atomic E-state index is -3.52. The van der Waals surface area contributed by atoms with Gasteiger partial charge in [0.2, 0.25) is 0 Å². The molecule has 1 aliphatic heterocycles. The Morgan fingerprint density at radius 1 is 1.43 bits per heavy atom. The second kappa shape index (κ2) is 7.04. The zero-order valence-electron chi connectivity index (χ0n) is 12.3. The van der Waals surface area contributed by atoms with Crippen LogP contribution >= 0.6 is 15.9 Å². The van der Waals surface area contributed by atoms with Crippen molar-refractivity contribution in [2.75, 3.05) is 31.4 Å². The van der Waals surface area contributed by atoms with Crippen LogP contribution in [0.4, 0.5) is 5.82 Å². The fourth-order valence-corrected chi connectivity index (χ4v) is 3.85. The number of nitrogens with zero attached hydrogens (tertiary/aromatic N) is 2. The Hall–Kier alpha value is -0.700. The zero-order valence-corrected chi connectivity index (χ0v) is 14.7. The van der Waals surface area contributed by atoms with Gasteiger partial charge >= 0.3 is 10.2 Å². The van der Waals surface area contributed by atoms with Crippen LogP contribution in [-0.2, 0) is 10.2 Å². The number of hydrogen-bond acceptors (Lipinski definition) is 4. The van der Waals surface area contributed by atoms with Crippen LogP contribution in [0.1, 0.15) is 18.4 Å². The number of anilines is 1. The average molecular weight is 377 g/mol. The first-order valence-electron chi connectivity index (χ1n) is 6.97. The molecule has 1 fully saturated rings. The topological polar surface area (TPSA) is 74.3 Å². The Morgan fingerprint density at radius 2 is 2.10 bits per heavy atom. The summed E-state index contributed by atoms with van der Waals surface area (Å²) in [5.41, 5.74) is 0.940. The predicted octanol–water partition coefficient (Wildman–Crippen LogP) is 1.74. The Balaban J connectivity index is 2.00. The van der Waals surface area contributed by atoms with Crippen molar-refractivity contribution in [3.8, 4) is 0 Å². The summed E-state index contributed by atoms with van der Waals surface area (Å²) < 4.78 is 29.6. The molecule has 0 unspecified atom stereocenters. The molecule has 1 aromatic rings. The van der Waals surface area contributed by atoms with E-state index in [0.29, 0.717) is 24.8 Å². The molecule has 1 saturated heterocycles. The van der Waals surface area contributed by atoms with Gasteiger partial charge in [-0.25, -0.2) is 4.98 Å². The maximum atomic E-state index is 12.4. The zero-order chi connectivity index (χ0) is 15.5. The van der Waals surface area contributed by atoms with Crippen LogP contribution in [0.2, 0.25) is 0 Å². The summed E-state index contributed by atoms with van der Waals surface area (Å²) in [7, 11) is -1.60. The van der Waals surface area contributed by atoms with E-state index in [1.807, 2.05) is 14.0 Å². The minimum absolute atomic E-state index is 0.355. The summed E-state index contributed by atoms with van der Waals surface area (Å²) >= 11 is 3.35. The van der Waals surface area contributed by atoms with Crippen LogP contribution in [-0.4, -0.2) is 44.4 Å². The molecule has 0 amide bonds. The molecule has 0 atom stereocenters. The van der Waals surface area contributed by atoms with Crippen LogP contribution in [0.25, 0.3) is 0 Å². The molecule has 118 valence electrons. The van der Waals surface area contributed by atoms with Gasteiger partial charge in [0.25, 0.3) is 0 Å². The highest BCUT2D eigenvalue weighted by Crippen LogP contribution is 2.22. The summed E-state index contributed by atoms with van der Waals surface area (Å²) in [6.45, 7) is 3.94. The molecule has 0 spiro atoms. The Labute approximate surface area is 134 Å². The molecular formula is C13H21BrN4O2S. The molecule has 2 heterocycles. The highest BCUT2D eigenvalue weighted by atomic mass is 79.9. The molecule has 0 bridgehead atoms. The lowest BCUT2D eigenvalue weighted by Crippen LogP contribution is -2.43. The van der Waals surface area contributed by atoms with Gasteiger partial charge in [-0.15, -0.1) is 0 Å². The Kier molecular flexibility index (Phi) is 5.59. The number of aromatic nitrogens is 1. The van der Waals surface area contributed by atoms with Crippen molar-refractivity contribution in [3.63, 3.8) is 0 Å². The maximum absolute atomic E-state index is 12.4. The van der Waals surface area contributed by atoms with Crippen molar-refractivity contribution in [2.24, 2.45) is 5.92 Å². The van der Waals surface area contributed by atoms with Gasteiger partial charge < -0.3 is 5.32 Å². The van der Waals surface area contributed by atoms with Gasteiger partial charge in [-0.1, -0.05) is 0 Å². The van der Waals surface area contributed by atoms with E-state index >= 15 is 0 Å². The van der Waals surface area contributed by atoms with Gasteiger partial charge in [0.05, 0.1) is 0 Å². The predicted molar refractivity (Wildman–Crippen MR) is 87.4 cm³/mol. The molecule has 0 radical (unpaired) electrons. The number of aryl methyl sites for hydroxylation is 1. The summed E-state index contributed by atoms with van der Waals surface area (Å²) in [4.78, 5) is 4.09. The Bertz CT molecular complexity index is 586. The largest absolute Gasteiger partial charge is 0.319 e. The molecule has 8 heteroatoms. The SMILES string of the molecule is CNCC1CCN(S(=O)(=O)Nc2cc(C)c(Br)cn2)CC1. The molecule has 0 aliphatic carbocycles. The second-order valence-electron chi connectivity index (χ2n) is 5.33. The van der Waals surface area contributed by atoms with E-state index in [-0.39, 0.29) is 0 Å². The molecular weight excluding hydrogens is 356 g/mol. The van der Waals surface area contributed by atoms with E-state index in [2.05, 4.69) is 31.0 Å². The highest BCUT2D eigenvalue weighted by molar-refractivity contribution is 9.10. The first-order chi connectivity index (χ1) is 9.92. The van der Waals surface area contributed by atoms with Crippen molar-refractivity contribution < 1.29 is 8.42 Å². The van der Waals surface area contributed by atoms with E-state index in [0.717, 1.165) is 29.4 Å². The van der Waals surface area contributed by atoms with Gasteiger partial charge in [0, 0.05) is 23.8 Å². The molecule has 6 nitrogen and oxygen atoms in total. The van der Waals surface area contributed by atoms with Crippen LogP contribution in [0, 0.1) is 12.8 Å². The lowest BCUT2D eigenvalue weighted by atomic mass is 9.98. The lowest BCUT2D eigenvalue weighted by Gasteiger charge is -2.31. The molecule has 2 N–H and O–H groups in total. The lowest BCUT2D eigenvalue weighted by molar-refractivity contribution is 0.272. The fraction of sp³-hybridized carbons (Fsp3) is 0.615. The number of halogens is 1. The molecule has 21 heavy (non-hydrogen) atoms. The van der Waals surface area contributed by atoms with Crippen LogP contribution in [0.3, 0.4) is 0 Å². The summed E-state index contributed by atoms with van der Waals surface area (Å²) in [5, 5.41) is 3.14. The Morgan fingerprint density at radius 3 is 2.67 bits per heavy atom. The monoisotopic (exact) mass is 376 g/mol. The van der Waals surface area contributed by atoms with Crippen LogP contribution < -0.4 is 10.0 Å². The van der Waals surface area contributed by atoms with Crippen molar-refractivity contribution in [3.05, 3.63) is 22.3 Å². The quantitative estimate of drug-likeness (QED) is 0.820. The fourth-order valence-electron chi connectivity index (χ4n) is 2.43. The third kappa shape index (κ3) is 4.38. The van der Waals surface area contributed by atoms with Crippen LogP contribution in [0.5, 0.6) is 0 Å². The van der Waals surface area contributed by atoms with Gasteiger partial charge in [0.1, 0.15) is 5.82 Å². The van der Waals surface area contributed by atoms with Crippen molar-refractivity contribution in [2.45, 2.75) is 19.8 Å². The van der Waals surface area contributed by atoms with E-state index in [9.17, 15) is 8.42 Å². The van der Waals surface area contributed by atoms with Crippen molar-refractivity contribution >= 4 is 32.0 Å². The summed E-state index contributed by atoms with van der Waals surface area (Å²) in [6, 6.07) is 1.72. The van der Waals surface area contributed by atoms with Crippen molar-refractivity contribution in [1.82, 2.24) is 14.6 Å². The molecule has 0 saturated carbocycles. The van der Waals surface area contributed by atoms with Crippen LogP contribution in [0.15, 0.2) is 16.7 Å². The standard InChI is InChI=1S/C13H21BrN4O2S/c1-10-7-13(16-9-12(10)14)17-21(19,20)18-5-3-11(4-6-18)8-15-2/h7,9,11,15H,3-6,8H2,1-2H3,(H,16,17). The third-order valence-electron chi connectivity index (χ3n) is 3.69. The summed E-state index contributed by atoms with van der Waals surface area (Å²) in [5.74, 6) is 0.905. The van der Waals surface area contributed by atoms with E-state index < -0.39 is 10.2 Å². The number of nitrogens with one attached hydrogen (secondary N) is 2. The third-order valence-corrected chi connectivity index (χ3v) is 6.03. The highest BCUT2D eigenvalue weighted by Gasteiger charge is 2.27. The number of hydrogen-bond donors (Lipinski definition) is 2. The molecule has 1 aliphatic rings.